The van der Waals surface area contributed by atoms with E-state index in [9.17, 15) is 4.39 Å². The molecule has 104 valence electrons. The summed E-state index contributed by atoms with van der Waals surface area (Å²) in [4.78, 5) is 0. The van der Waals surface area contributed by atoms with Crippen LogP contribution in [0.4, 0.5) is 10.1 Å². The van der Waals surface area contributed by atoms with Crippen molar-refractivity contribution in [1.82, 2.24) is 0 Å². The molecule has 0 bridgehead atoms. The van der Waals surface area contributed by atoms with Crippen LogP contribution in [0.5, 0.6) is 5.75 Å². The van der Waals surface area contributed by atoms with Crippen LogP contribution in [-0.4, -0.2) is 13.2 Å². The van der Waals surface area contributed by atoms with Crippen molar-refractivity contribution in [3.8, 4) is 5.75 Å². The lowest BCUT2D eigenvalue weighted by Crippen LogP contribution is -2.33. The number of benzene rings is 2. The molecule has 0 atom stereocenters. The summed E-state index contributed by atoms with van der Waals surface area (Å²) >= 11 is 0. The van der Waals surface area contributed by atoms with E-state index in [2.05, 4.69) is 5.32 Å². The first-order chi connectivity index (χ1) is 9.74. The second-order valence-corrected chi connectivity index (χ2v) is 5.29. The number of rotatable bonds is 4. The number of methoxy groups -OCH3 is 1. The maximum absolute atomic E-state index is 12.9. The van der Waals surface area contributed by atoms with Crippen LogP contribution < -0.4 is 10.1 Å². The summed E-state index contributed by atoms with van der Waals surface area (Å²) in [6, 6.07) is 15.3. The summed E-state index contributed by atoms with van der Waals surface area (Å²) in [6.07, 6.45) is 2.19. The van der Waals surface area contributed by atoms with Gasteiger partial charge in [-0.3, -0.25) is 0 Å². The van der Waals surface area contributed by atoms with Gasteiger partial charge in [0.15, 0.2) is 0 Å². The molecule has 0 aromatic heterocycles. The zero-order chi connectivity index (χ0) is 13.9. The number of halogens is 1. The molecule has 0 heterocycles. The van der Waals surface area contributed by atoms with Gasteiger partial charge in [0.25, 0.3) is 0 Å². The molecule has 0 amide bonds. The van der Waals surface area contributed by atoms with E-state index in [1.54, 1.807) is 19.2 Å². The highest BCUT2D eigenvalue weighted by Gasteiger charge is 2.30. The van der Waals surface area contributed by atoms with Gasteiger partial charge in [-0.15, -0.1) is 0 Å². The monoisotopic (exact) mass is 271 g/mol. The van der Waals surface area contributed by atoms with Crippen molar-refractivity contribution in [3.05, 3.63) is 59.9 Å². The maximum Gasteiger partial charge on any atom is 0.123 e. The van der Waals surface area contributed by atoms with Crippen molar-refractivity contribution < 1.29 is 9.13 Å². The molecule has 2 nitrogen and oxygen atoms in total. The zero-order valence-electron chi connectivity index (χ0n) is 11.5. The van der Waals surface area contributed by atoms with Gasteiger partial charge < -0.3 is 10.1 Å². The Morgan fingerprint density at radius 2 is 1.65 bits per heavy atom. The molecular weight excluding hydrogens is 253 g/mol. The van der Waals surface area contributed by atoms with Crippen LogP contribution in [0.1, 0.15) is 24.3 Å². The summed E-state index contributed by atoms with van der Waals surface area (Å²) in [6.45, 7) is 0. The summed E-state index contributed by atoms with van der Waals surface area (Å²) < 4.78 is 18.0. The van der Waals surface area contributed by atoms with Crippen molar-refractivity contribution in [2.45, 2.75) is 24.8 Å². The Hall–Kier alpha value is -2.03. The molecular formula is C17H18FNO. The molecule has 2 aromatic carbocycles. The minimum absolute atomic E-state index is 0.166. The fourth-order valence-corrected chi connectivity index (χ4v) is 2.67. The zero-order valence-corrected chi connectivity index (χ0v) is 11.5. The molecule has 3 heteroatoms. The standard InChI is InChI=1S/C17H18FNO/c1-20-17-8-6-15(7-9-17)19-16-10-13(11-16)12-2-4-14(18)5-3-12/h2-9,13,16,19H,10-11H2,1H3. The van der Waals surface area contributed by atoms with E-state index in [0.29, 0.717) is 12.0 Å². The average molecular weight is 271 g/mol. The van der Waals surface area contributed by atoms with Gasteiger partial charge in [-0.1, -0.05) is 12.1 Å². The van der Waals surface area contributed by atoms with Crippen molar-refractivity contribution >= 4 is 5.69 Å². The summed E-state index contributed by atoms with van der Waals surface area (Å²) in [7, 11) is 1.67. The Labute approximate surface area is 118 Å². The third kappa shape index (κ3) is 2.77. The van der Waals surface area contributed by atoms with E-state index in [1.807, 2.05) is 36.4 Å². The third-order valence-corrected chi connectivity index (χ3v) is 3.94. The SMILES string of the molecule is COc1ccc(NC2CC(c3ccc(F)cc3)C2)cc1. The largest absolute Gasteiger partial charge is 0.497 e. The molecule has 0 aliphatic heterocycles. The predicted molar refractivity (Wildman–Crippen MR) is 78.8 cm³/mol. The Kier molecular flexibility index (Phi) is 3.59. The van der Waals surface area contributed by atoms with Crippen LogP contribution in [0.3, 0.4) is 0 Å². The van der Waals surface area contributed by atoms with Crippen molar-refractivity contribution in [2.75, 3.05) is 12.4 Å². The molecule has 1 aliphatic carbocycles. The minimum atomic E-state index is -0.166. The number of anilines is 1. The summed E-state index contributed by atoms with van der Waals surface area (Å²) in [5, 5.41) is 3.51. The van der Waals surface area contributed by atoms with Crippen molar-refractivity contribution in [2.24, 2.45) is 0 Å². The molecule has 0 spiro atoms. The second-order valence-electron chi connectivity index (χ2n) is 5.29. The molecule has 1 fully saturated rings. The Morgan fingerprint density at radius 3 is 2.25 bits per heavy atom. The highest BCUT2D eigenvalue weighted by molar-refractivity contribution is 5.47. The number of nitrogens with one attached hydrogen (secondary N) is 1. The molecule has 1 N–H and O–H groups in total. The van der Waals surface area contributed by atoms with Gasteiger partial charge in [-0.25, -0.2) is 4.39 Å². The van der Waals surface area contributed by atoms with E-state index in [-0.39, 0.29) is 5.82 Å². The van der Waals surface area contributed by atoms with Crippen LogP contribution >= 0.6 is 0 Å². The van der Waals surface area contributed by atoms with Gasteiger partial charge in [0.1, 0.15) is 11.6 Å². The first-order valence-electron chi connectivity index (χ1n) is 6.90. The smallest absolute Gasteiger partial charge is 0.123 e. The van der Waals surface area contributed by atoms with Gasteiger partial charge in [0.05, 0.1) is 7.11 Å². The molecule has 2 aromatic rings. The molecule has 1 saturated carbocycles. The van der Waals surface area contributed by atoms with Crippen molar-refractivity contribution in [3.63, 3.8) is 0 Å². The molecule has 3 rings (SSSR count). The fraction of sp³-hybridized carbons (Fsp3) is 0.294. The van der Waals surface area contributed by atoms with Crippen LogP contribution in [0, 0.1) is 5.82 Å². The molecule has 1 aliphatic rings. The van der Waals surface area contributed by atoms with Crippen LogP contribution in [-0.2, 0) is 0 Å². The topological polar surface area (TPSA) is 21.3 Å². The van der Waals surface area contributed by atoms with E-state index in [1.165, 1.54) is 5.56 Å². The Balaban J connectivity index is 1.53. The molecule has 0 unspecified atom stereocenters. The van der Waals surface area contributed by atoms with Gasteiger partial charge in [-0.2, -0.15) is 0 Å². The Morgan fingerprint density at radius 1 is 1.00 bits per heavy atom. The maximum atomic E-state index is 12.9. The predicted octanol–water partition coefficient (Wildman–Crippen LogP) is 4.19. The van der Waals surface area contributed by atoms with Gasteiger partial charge in [-0.05, 0) is 60.7 Å². The van der Waals surface area contributed by atoms with Gasteiger partial charge in [0, 0.05) is 11.7 Å². The number of hydrogen-bond donors (Lipinski definition) is 1. The highest BCUT2D eigenvalue weighted by atomic mass is 19.1. The summed E-state index contributed by atoms with van der Waals surface area (Å²) in [5.41, 5.74) is 2.35. The van der Waals surface area contributed by atoms with E-state index in [0.717, 1.165) is 24.3 Å². The average Bonchev–Trinajstić information content (AvgIpc) is 2.44. The lowest BCUT2D eigenvalue weighted by atomic mass is 9.76. The van der Waals surface area contributed by atoms with Crippen LogP contribution in [0.2, 0.25) is 0 Å². The molecule has 20 heavy (non-hydrogen) atoms. The molecule has 0 radical (unpaired) electrons. The number of hydrogen-bond acceptors (Lipinski definition) is 2. The highest BCUT2D eigenvalue weighted by Crippen LogP contribution is 2.38. The third-order valence-electron chi connectivity index (χ3n) is 3.94. The first kappa shape index (κ1) is 13.0. The number of ether oxygens (including phenoxy) is 1. The van der Waals surface area contributed by atoms with Crippen LogP contribution in [0.15, 0.2) is 48.5 Å². The van der Waals surface area contributed by atoms with E-state index < -0.39 is 0 Å². The van der Waals surface area contributed by atoms with Gasteiger partial charge in [0.2, 0.25) is 0 Å². The minimum Gasteiger partial charge on any atom is -0.497 e. The Bertz CT molecular complexity index is 559. The fourth-order valence-electron chi connectivity index (χ4n) is 2.67. The van der Waals surface area contributed by atoms with Crippen molar-refractivity contribution in [1.29, 1.82) is 0 Å². The molecule has 0 saturated heterocycles. The van der Waals surface area contributed by atoms with Crippen LogP contribution in [0.25, 0.3) is 0 Å². The van der Waals surface area contributed by atoms with E-state index in [4.69, 9.17) is 4.74 Å². The second kappa shape index (κ2) is 5.53. The quantitative estimate of drug-likeness (QED) is 0.900. The lowest BCUT2D eigenvalue weighted by Gasteiger charge is -2.37. The normalized spacial score (nSPS) is 21.1. The lowest BCUT2D eigenvalue weighted by molar-refractivity contribution is 0.373. The van der Waals surface area contributed by atoms with Gasteiger partial charge >= 0.3 is 0 Å². The first-order valence-corrected chi connectivity index (χ1v) is 6.90. The summed E-state index contributed by atoms with van der Waals surface area (Å²) in [5.74, 6) is 1.25. The van der Waals surface area contributed by atoms with E-state index >= 15 is 0 Å².